The summed E-state index contributed by atoms with van der Waals surface area (Å²) in [7, 11) is 0. The number of amides is 1. The minimum absolute atomic E-state index is 0.0751. The molecule has 0 bridgehead atoms. The molecule has 19 heavy (non-hydrogen) atoms. The van der Waals surface area contributed by atoms with Crippen LogP contribution in [-0.4, -0.2) is 41.9 Å². The van der Waals surface area contributed by atoms with E-state index >= 15 is 0 Å². The lowest BCUT2D eigenvalue weighted by Crippen LogP contribution is -2.39. The van der Waals surface area contributed by atoms with Gasteiger partial charge in [0.1, 0.15) is 5.75 Å². The fourth-order valence-corrected chi connectivity index (χ4v) is 2.66. The molecule has 1 fully saturated rings. The van der Waals surface area contributed by atoms with E-state index in [1.807, 2.05) is 42.2 Å². The summed E-state index contributed by atoms with van der Waals surface area (Å²) in [5.74, 6) is 0.802. The second kappa shape index (κ2) is 7.40. The maximum Gasteiger partial charge on any atom is 0.285 e. The van der Waals surface area contributed by atoms with Gasteiger partial charge >= 0.3 is 0 Å². The monoisotopic (exact) mass is 281 g/mol. The molecule has 0 radical (unpaired) electrons. The molecule has 0 N–H and O–H groups in total. The van der Waals surface area contributed by atoms with Crippen LogP contribution in [0.1, 0.15) is 13.3 Å². The molecular weight excluding hydrogens is 262 g/mol. The SMILES string of the molecule is CCC(Oc1ccccc1)SC(=O)N1CCOCC1. The number of hydrogen-bond acceptors (Lipinski definition) is 4. The molecule has 1 aliphatic heterocycles. The number of carbonyl (C=O) groups is 1. The van der Waals surface area contributed by atoms with Gasteiger partial charge in [0.2, 0.25) is 0 Å². The van der Waals surface area contributed by atoms with Gasteiger partial charge in [-0.2, -0.15) is 0 Å². The number of rotatable bonds is 4. The Morgan fingerprint density at radius 1 is 1.37 bits per heavy atom. The average molecular weight is 281 g/mol. The lowest BCUT2D eigenvalue weighted by Gasteiger charge is -2.27. The van der Waals surface area contributed by atoms with Gasteiger partial charge in [0.05, 0.1) is 13.2 Å². The lowest BCUT2D eigenvalue weighted by atomic mass is 10.3. The molecule has 1 saturated heterocycles. The highest BCUT2D eigenvalue weighted by Crippen LogP contribution is 2.23. The summed E-state index contributed by atoms with van der Waals surface area (Å²) in [6.45, 7) is 4.62. The largest absolute Gasteiger partial charge is 0.479 e. The van der Waals surface area contributed by atoms with E-state index in [0.717, 1.165) is 12.2 Å². The van der Waals surface area contributed by atoms with Crippen LogP contribution in [0, 0.1) is 0 Å². The van der Waals surface area contributed by atoms with Crippen LogP contribution in [0.15, 0.2) is 30.3 Å². The van der Waals surface area contributed by atoms with Crippen LogP contribution in [0.3, 0.4) is 0 Å². The molecule has 1 unspecified atom stereocenters. The molecule has 1 aromatic carbocycles. The van der Waals surface area contributed by atoms with E-state index in [1.165, 1.54) is 11.8 Å². The Morgan fingerprint density at radius 2 is 2.05 bits per heavy atom. The van der Waals surface area contributed by atoms with Crippen molar-refractivity contribution in [2.24, 2.45) is 0 Å². The number of ether oxygens (including phenoxy) is 2. The van der Waals surface area contributed by atoms with Crippen molar-refractivity contribution < 1.29 is 14.3 Å². The fourth-order valence-electron chi connectivity index (χ4n) is 1.77. The van der Waals surface area contributed by atoms with Crippen LogP contribution >= 0.6 is 11.8 Å². The van der Waals surface area contributed by atoms with E-state index in [1.54, 1.807) is 0 Å². The molecule has 1 aromatic rings. The number of thioether (sulfide) groups is 1. The summed E-state index contributed by atoms with van der Waals surface area (Å²) in [6.07, 6.45) is 0.787. The second-order valence-electron chi connectivity index (χ2n) is 4.25. The van der Waals surface area contributed by atoms with Crippen LogP contribution in [0.2, 0.25) is 0 Å². The molecule has 2 rings (SSSR count). The number of hydrogen-bond donors (Lipinski definition) is 0. The van der Waals surface area contributed by atoms with Gasteiger partial charge < -0.3 is 14.4 Å². The Kier molecular flexibility index (Phi) is 5.54. The third-order valence-corrected chi connectivity index (χ3v) is 4.00. The van der Waals surface area contributed by atoms with E-state index in [4.69, 9.17) is 9.47 Å². The van der Waals surface area contributed by atoms with Crippen molar-refractivity contribution in [3.8, 4) is 5.75 Å². The van der Waals surface area contributed by atoms with Crippen molar-refractivity contribution in [2.45, 2.75) is 18.8 Å². The van der Waals surface area contributed by atoms with Gasteiger partial charge in [-0.3, -0.25) is 4.79 Å². The predicted molar refractivity (Wildman–Crippen MR) is 76.5 cm³/mol. The first-order valence-electron chi connectivity index (χ1n) is 6.54. The third kappa shape index (κ3) is 4.44. The van der Waals surface area contributed by atoms with E-state index in [2.05, 4.69) is 0 Å². The van der Waals surface area contributed by atoms with Gasteiger partial charge in [0.15, 0.2) is 5.44 Å². The Labute approximate surface area is 118 Å². The van der Waals surface area contributed by atoms with Crippen molar-refractivity contribution in [2.75, 3.05) is 26.3 Å². The first kappa shape index (κ1) is 14.2. The quantitative estimate of drug-likeness (QED) is 0.795. The molecule has 1 amide bonds. The zero-order valence-electron chi connectivity index (χ0n) is 11.1. The minimum atomic E-state index is -0.141. The zero-order chi connectivity index (χ0) is 13.5. The van der Waals surface area contributed by atoms with E-state index in [-0.39, 0.29) is 10.7 Å². The zero-order valence-corrected chi connectivity index (χ0v) is 11.9. The Morgan fingerprint density at radius 3 is 2.68 bits per heavy atom. The molecular formula is C14H19NO3S. The highest BCUT2D eigenvalue weighted by molar-refractivity contribution is 8.13. The first-order chi connectivity index (χ1) is 9.29. The topological polar surface area (TPSA) is 38.8 Å². The molecule has 1 aliphatic rings. The maximum absolute atomic E-state index is 12.1. The molecule has 1 atom stereocenters. The summed E-state index contributed by atoms with van der Waals surface area (Å²) in [6, 6.07) is 9.61. The van der Waals surface area contributed by atoms with Crippen LogP contribution in [0.25, 0.3) is 0 Å². The average Bonchev–Trinajstić information content (AvgIpc) is 2.48. The summed E-state index contributed by atoms with van der Waals surface area (Å²) < 4.78 is 11.1. The Hall–Kier alpha value is -1.20. The van der Waals surface area contributed by atoms with Crippen molar-refractivity contribution in [3.63, 3.8) is 0 Å². The van der Waals surface area contributed by atoms with Crippen LogP contribution in [-0.2, 0) is 4.74 Å². The smallest absolute Gasteiger partial charge is 0.285 e. The number of nitrogens with zero attached hydrogens (tertiary/aromatic N) is 1. The Balaban J connectivity index is 1.86. The molecule has 0 aliphatic carbocycles. The highest BCUT2D eigenvalue weighted by atomic mass is 32.2. The molecule has 5 heteroatoms. The van der Waals surface area contributed by atoms with Gasteiger partial charge in [-0.1, -0.05) is 25.1 Å². The van der Waals surface area contributed by atoms with Crippen LogP contribution in [0.5, 0.6) is 5.75 Å². The van der Waals surface area contributed by atoms with Crippen molar-refractivity contribution in [1.82, 2.24) is 4.90 Å². The fraction of sp³-hybridized carbons (Fsp3) is 0.500. The van der Waals surface area contributed by atoms with Crippen LogP contribution < -0.4 is 4.74 Å². The highest BCUT2D eigenvalue weighted by Gasteiger charge is 2.21. The summed E-state index contributed by atoms with van der Waals surface area (Å²) in [5, 5.41) is 0.0751. The second-order valence-corrected chi connectivity index (χ2v) is 5.36. The summed E-state index contributed by atoms with van der Waals surface area (Å²) in [5.41, 5.74) is -0.141. The van der Waals surface area contributed by atoms with Crippen LogP contribution in [0.4, 0.5) is 4.79 Å². The Bertz CT molecular complexity index is 393. The maximum atomic E-state index is 12.1. The van der Waals surface area contributed by atoms with Crippen molar-refractivity contribution >= 4 is 17.0 Å². The van der Waals surface area contributed by atoms with Gasteiger partial charge in [-0.15, -0.1) is 0 Å². The number of para-hydroxylation sites is 1. The molecule has 0 saturated carbocycles. The molecule has 104 valence electrons. The summed E-state index contributed by atoms with van der Waals surface area (Å²) in [4.78, 5) is 13.9. The van der Waals surface area contributed by atoms with E-state index in [9.17, 15) is 4.79 Å². The van der Waals surface area contributed by atoms with Gasteiger partial charge in [-0.05, 0) is 30.3 Å². The van der Waals surface area contributed by atoms with E-state index in [0.29, 0.717) is 26.3 Å². The number of carbonyl (C=O) groups excluding carboxylic acids is 1. The standard InChI is InChI=1S/C14H19NO3S/c1-2-13(18-12-6-4-3-5-7-12)19-14(16)15-8-10-17-11-9-15/h3-7,13H,2,8-11H2,1H3. The van der Waals surface area contributed by atoms with Gasteiger partial charge in [-0.25, -0.2) is 0 Å². The molecule has 0 aromatic heterocycles. The lowest BCUT2D eigenvalue weighted by molar-refractivity contribution is 0.0591. The number of morpholine rings is 1. The number of benzene rings is 1. The van der Waals surface area contributed by atoms with E-state index < -0.39 is 0 Å². The first-order valence-corrected chi connectivity index (χ1v) is 7.42. The van der Waals surface area contributed by atoms with Gasteiger partial charge in [0.25, 0.3) is 5.24 Å². The normalized spacial score (nSPS) is 17.0. The minimum Gasteiger partial charge on any atom is -0.479 e. The summed E-state index contributed by atoms with van der Waals surface area (Å²) >= 11 is 1.26. The molecule has 4 nitrogen and oxygen atoms in total. The van der Waals surface area contributed by atoms with Crippen molar-refractivity contribution in [1.29, 1.82) is 0 Å². The third-order valence-electron chi connectivity index (χ3n) is 2.85. The molecule has 0 spiro atoms. The molecule has 1 heterocycles. The van der Waals surface area contributed by atoms with Crippen molar-refractivity contribution in [3.05, 3.63) is 30.3 Å². The predicted octanol–water partition coefficient (Wildman–Crippen LogP) is 2.99. The van der Waals surface area contributed by atoms with Gasteiger partial charge in [0, 0.05) is 13.1 Å².